The Morgan fingerprint density at radius 2 is 0.826 bits per heavy atom. The smallest absolute Gasteiger partial charge is 0.234 e. The lowest BCUT2D eigenvalue weighted by Crippen LogP contribution is -2.11. The molecule has 2 nitrogen and oxygen atoms in total. The zero-order chi connectivity index (χ0) is 33.1. The van der Waals surface area contributed by atoms with Gasteiger partial charge < -0.3 is 0 Å². The average molecular weight is 650 g/mol. The van der Waals surface area contributed by atoms with Crippen molar-refractivity contribution in [1.82, 2.24) is 0 Å². The SMILES string of the molecule is CCCCCCCCCCc1cc(CCCCCCCCCC)c(C(=O)[P+](=O)c2ccccc2)c(CCCCCCCCCC)c1. The van der Waals surface area contributed by atoms with Gasteiger partial charge in [-0.05, 0) is 67.3 Å². The van der Waals surface area contributed by atoms with Gasteiger partial charge in [0, 0.05) is 0 Å². The summed E-state index contributed by atoms with van der Waals surface area (Å²) in [6.45, 7) is 6.83. The molecule has 0 aliphatic heterocycles. The molecule has 1 atom stereocenters. The lowest BCUT2D eigenvalue weighted by molar-refractivity contribution is 0.107. The molecule has 0 heterocycles. The van der Waals surface area contributed by atoms with Crippen LogP contribution in [0.5, 0.6) is 0 Å². The molecule has 0 saturated carbocycles. The minimum atomic E-state index is -2.13. The van der Waals surface area contributed by atoms with Crippen LogP contribution in [0, 0.1) is 0 Å². The summed E-state index contributed by atoms with van der Waals surface area (Å²) in [4.78, 5) is 14.1. The number of hydrogen-bond acceptors (Lipinski definition) is 2. The van der Waals surface area contributed by atoms with E-state index in [1.54, 1.807) is 0 Å². The molecule has 0 aliphatic rings. The van der Waals surface area contributed by atoms with E-state index in [0.717, 1.165) is 37.7 Å². The molecule has 0 spiro atoms. The van der Waals surface area contributed by atoms with Gasteiger partial charge in [0.25, 0.3) is 0 Å². The van der Waals surface area contributed by atoms with E-state index >= 15 is 0 Å². The highest BCUT2D eigenvalue weighted by atomic mass is 31.1. The van der Waals surface area contributed by atoms with Crippen LogP contribution in [-0.4, -0.2) is 5.52 Å². The molecule has 258 valence electrons. The maximum atomic E-state index is 14.1. The Hall–Kier alpha value is -1.79. The first-order chi connectivity index (χ1) is 22.6. The first-order valence-corrected chi connectivity index (χ1v) is 21.1. The molecule has 0 bridgehead atoms. The highest BCUT2D eigenvalue weighted by Gasteiger charge is 2.36. The summed E-state index contributed by atoms with van der Waals surface area (Å²) in [6, 6.07) is 14.1. The van der Waals surface area contributed by atoms with Crippen molar-refractivity contribution >= 4 is 18.6 Å². The monoisotopic (exact) mass is 650 g/mol. The lowest BCUT2D eigenvalue weighted by Gasteiger charge is -2.15. The number of carbonyl (C=O) groups is 1. The molecule has 2 aromatic rings. The van der Waals surface area contributed by atoms with Crippen molar-refractivity contribution in [1.29, 1.82) is 0 Å². The number of carbonyl (C=O) groups excluding carboxylic acids is 1. The molecule has 2 aromatic carbocycles. The van der Waals surface area contributed by atoms with E-state index in [1.165, 1.54) is 158 Å². The van der Waals surface area contributed by atoms with Gasteiger partial charge in [0.05, 0.1) is 5.56 Å². The molecule has 0 aromatic heterocycles. The van der Waals surface area contributed by atoms with E-state index in [2.05, 4.69) is 32.9 Å². The summed E-state index contributed by atoms with van der Waals surface area (Å²) in [5, 5.41) is 0.654. The van der Waals surface area contributed by atoms with Crippen LogP contribution in [-0.2, 0) is 23.8 Å². The van der Waals surface area contributed by atoms with Gasteiger partial charge >= 0.3 is 13.3 Å². The molecule has 1 unspecified atom stereocenters. The van der Waals surface area contributed by atoms with E-state index in [0.29, 0.717) is 5.30 Å². The van der Waals surface area contributed by atoms with E-state index in [1.807, 2.05) is 30.3 Å². The third-order valence-corrected chi connectivity index (χ3v) is 11.0. The number of aryl methyl sites for hydroxylation is 3. The molecular weight excluding hydrogens is 579 g/mol. The number of rotatable bonds is 30. The van der Waals surface area contributed by atoms with Gasteiger partial charge in [-0.25, -0.2) is 4.79 Å². The summed E-state index contributed by atoms with van der Waals surface area (Å²) in [5.41, 5.74) is 4.38. The molecule has 0 amide bonds. The predicted octanol–water partition coefficient (Wildman–Crippen LogP) is 14.0. The Morgan fingerprint density at radius 3 is 1.22 bits per heavy atom. The Labute approximate surface area is 286 Å². The van der Waals surface area contributed by atoms with Crippen LogP contribution in [0.2, 0.25) is 0 Å². The van der Waals surface area contributed by atoms with Crippen LogP contribution in [0.3, 0.4) is 0 Å². The quantitative estimate of drug-likeness (QED) is 0.0623. The molecule has 0 aliphatic carbocycles. The normalized spacial score (nSPS) is 11.7. The minimum Gasteiger partial charge on any atom is -0.234 e. The predicted molar refractivity (Wildman–Crippen MR) is 203 cm³/mol. The number of benzene rings is 2. The molecule has 46 heavy (non-hydrogen) atoms. The maximum Gasteiger partial charge on any atom is 0.458 e. The van der Waals surface area contributed by atoms with E-state index < -0.39 is 7.80 Å². The second kappa shape index (κ2) is 27.2. The molecule has 2 rings (SSSR count). The summed E-state index contributed by atoms with van der Waals surface area (Å²) in [7, 11) is -2.13. The second-order valence-electron chi connectivity index (χ2n) is 13.9. The molecular formula is C43H70O2P+. The van der Waals surface area contributed by atoms with E-state index in [9.17, 15) is 9.36 Å². The summed E-state index contributed by atoms with van der Waals surface area (Å²) in [5.74, 6) is 0. The third-order valence-electron chi connectivity index (χ3n) is 9.67. The van der Waals surface area contributed by atoms with Crippen molar-refractivity contribution in [3.8, 4) is 0 Å². The largest absolute Gasteiger partial charge is 0.458 e. The average Bonchev–Trinajstić information content (AvgIpc) is 3.08. The summed E-state index contributed by atoms with van der Waals surface area (Å²) >= 11 is 0. The lowest BCUT2D eigenvalue weighted by atomic mass is 9.90. The standard InChI is InChI=1S/C43H70O2P/c1-4-7-10-13-16-19-22-26-31-38-36-39(32-27-23-20-17-14-11-8-5-2)42(43(44)46(45)41-34-29-25-30-35-41)40(37-38)33-28-24-21-18-15-12-9-6-3/h25,29-30,34-37H,4-24,26-28,31-33H2,1-3H3/q+1. The molecule has 0 N–H and O–H groups in total. The number of hydrogen-bond donors (Lipinski definition) is 0. The Balaban J connectivity index is 2.19. The molecule has 3 heteroatoms. The minimum absolute atomic E-state index is 0.149. The van der Waals surface area contributed by atoms with Crippen LogP contribution < -0.4 is 5.30 Å². The van der Waals surface area contributed by atoms with E-state index in [-0.39, 0.29) is 5.52 Å². The topological polar surface area (TPSA) is 34.1 Å². The first kappa shape index (κ1) is 40.4. The van der Waals surface area contributed by atoms with Crippen molar-refractivity contribution in [3.05, 3.63) is 64.7 Å². The van der Waals surface area contributed by atoms with Crippen molar-refractivity contribution in [2.75, 3.05) is 0 Å². The van der Waals surface area contributed by atoms with Crippen LogP contribution in [0.1, 0.15) is 202 Å². The first-order valence-electron chi connectivity index (χ1n) is 19.8. The molecule has 0 fully saturated rings. The van der Waals surface area contributed by atoms with Crippen LogP contribution in [0.4, 0.5) is 0 Å². The highest BCUT2D eigenvalue weighted by Crippen LogP contribution is 2.33. The van der Waals surface area contributed by atoms with E-state index in [4.69, 9.17) is 0 Å². The van der Waals surface area contributed by atoms with Gasteiger partial charge in [0.15, 0.2) is 5.30 Å². The molecule has 0 radical (unpaired) electrons. The Kier molecular flexibility index (Phi) is 23.9. The summed E-state index contributed by atoms with van der Waals surface area (Å²) in [6.07, 6.45) is 34.0. The highest BCUT2D eigenvalue weighted by molar-refractivity contribution is 7.71. The van der Waals surface area contributed by atoms with Gasteiger partial charge in [-0.2, -0.15) is 0 Å². The van der Waals surface area contributed by atoms with Gasteiger partial charge in [-0.1, -0.05) is 191 Å². The fourth-order valence-electron chi connectivity index (χ4n) is 6.80. The van der Waals surface area contributed by atoms with Crippen molar-refractivity contribution in [2.24, 2.45) is 0 Å². The van der Waals surface area contributed by atoms with Crippen molar-refractivity contribution < 1.29 is 9.36 Å². The Morgan fingerprint density at radius 1 is 0.478 bits per heavy atom. The van der Waals surface area contributed by atoms with Gasteiger partial charge in [0.1, 0.15) is 0 Å². The summed E-state index contributed by atoms with van der Waals surface area (Å²) < 4.78 is 13.7. The maximum absolute atomic E-state index is 14.1. The zero-order valence-corrected chi connectivity index (χ0v) is 31.3. The van der Waals surface area contributed by atoms with Crippen molar-refractivity contribution in [2.45, 2.75) is 194 Å². The van der Waals surface area contributed by atoms with Gasteiger partial charge in [0.2, 0.25) is 0 Å². The van der Waals surface area contributed by atoms with Crippen LogP contribution in [0.25, 0.3) is 0 Å². The second-order valence-corrected chi connectivity index (χ2v) is 15.4. The van der Waals surface area contributed by atoms with Gasteiger partial charge in [-0.3, -0.25) is 0 Å². The molecule has 0 saturated heterocycles. The van der Waals surface area contributed by atoms with Crippen LogP contribution >= 0.6 is 7.80 Å². The Bertz CT molecular complexity index is 1020. The van der Waals surface area contributed by atoms with Gasteiger partial charge in [-0.15, -0.1) is 0 Å². The van der Waals surface area contributed by atoms with Crippen molar-refractivity contribution in [3.63, 3.8) is 0 Å². The zero-order valence-electron chi connectivity index (χ0n) is 30.4. The fraction of sp³-hybridized carbons (Fsp3) is 0.698. The number of unbranched alkanes of at least 4 members (excludes halogenated alkanes) is 21. The fourth-order valence-corrected chi connectivity index (χ4v) is 7.96. The van der Waals surface area contributed by atoms with Crippen LogP contribution in [0.15, 0.2) is 42.5 Å². The third kappa shape index (κ3) is 17.4.